The van der Waals surface area contributed by atoms with Crippen molar-refractivity contribution in [3.8, 4) is 11.5 Å². The van der Waals surface area contributed by atoms with E-state index in [4.69, 9.17) is 14.3 Å². The fourth-order valence-electron chi connectivity index (χ4n) is 6.92. The molecule has 2 aliphatic heterocycles. The Morgan fingerprint density at radius 2 is 2.06 bits per heavy atom. The molecule has 2 heterocycles. The molecule has 32 heavy (non-hydrogen) atoms. The van der Waals surface area contributed by atoms with E-state index in [1.807, 2.05) is 33.8 Å². The number of carbonyl (C=O) groups excluding carboxylic acids is 2. The first-order chi connectivity index (χ1) is 14.8. The lowest BCUT2D eigenvalue weighted by molar-refractivity contribution is -1.12. The van der Waals surface area contributed by atoms with Gasteiger partial charge in [-0.15, -0.1) is 0 Å². The largest absolute Gasteiger partial charge is 0.504 e. The number of carbonyl (C=O) groups is 2. The first kappa shape index (κ1) is 21.7. The number of hydroxylamine groups is 3. The number of ether oxygens (including phenoxy) is 2. The monoisotopic (exact) mass is 444 g/mol. The Morgan fingerprint density at radius 3 is 2.75 bits per heavy atom. The minimum Gasteiger partial charge on any atom is -0.504 e. The Kier molecular flexibility index (Phi) is 4.39. The summed E-state index contributed by atoms with van der Waals surface area (Å²) in [6.07, 6.45) is 2.01. The quantitative estimate of drug-likeness (QED) is 0.437. The number of likely N-dealkylation sites (N-methyl/N-ethyl adjacent to an activating group) is 1. The summed E-state index contributed by atoms with van der Waals surface area (Å²) in [5.41, 5.74) is 0.121. The zero-order chi connectivity index (χ0) is 23.3. The number of phenols is 1. The zero-order valence-corrected chi connectivity index (χ0v) is 19.9. The summed E-state index contributed by atoms with van der Waals surface area (Å²) < 4.78 is 12.3. The van der Waals surface area contributed by atoms with E-state index in [2.05, 4.69) is 7.05 Å². The molecule has 1 saturated heterocycles. The van der Waals surface area contributed by atoms with Crippen LogP contribution in [0.4, 0.5) is 0 Å². The number of likely N-dealkylation sites (tertiary alicyclic amines) is 1. The van der Waals surface area contributed by atoms with Gasteiger partial charge in [0.15, 0.2) is 22.9 Å². The maximum absolute atomic E-state index is 13.2. The molecule has 0 amide bonds. The fourth-order valence-corrected chi connectivity index (χ4v) is 6.92. The van der Waals surface area contributed by atoms with Crippen molar-refractivity contribution in [2.45, 2.75) is 83.6 Å². The molecule has 2 fully saturated rings. The van der Waals surface area contributed by atoms with Crippen molar-refractivity contribution >= 4 is 11.8 Å². The van der Waals surface area contributed by atoms with Crippen LogP contribution in [0, 0.1) is 11.3 Å². The van der Waals surface area contributed by atoms with Gasteiger partial charge in [-0.1, -0.05) is 6.07 Å². The zero-order valence-electron chi connectivity index (χ0n) is 19.9. The molecule has 2 aliphatic carbocycles. The number of quaternary nitrogens is 1. The second-order valence-electron chi connectivity index (χ2n) is 11.4. The number of rotatable bonds is 3. The van der Waals surface area contributed by atoms with Crippen molar-refractivity contribution in [3.63, 3.8) is 0 Å². The third kappa shape index (κ3) is 2.61. The molecule has 7 nitrogen and oxygen atoms in total. The minimum absolute atomic E-state index is 0.0959. The van der Waals surface area contributed by atoms with Gasteiger partial charge >= 0.3 is 5.97 Å². The van der Waals surface area contributed by atoms with Gasteiger partial charge in [0.25, 0.3) is 6.29 Å². The summed E-state index contributed by atoms with van der Waals surface area (Å²) in [4.78, 5) is 32.1. The van der Waals surface area contributed by atoms with Crippen molar-refractivity contribution in [3.05, 3.63) is 23.3 Å². The lowest BCUT2D eigenvalue weighted by Gasteiger charge is -2.61. The summed E-state index contributed by atoms with van der Waals surface area (Å²) in [5.74, 6) is 0.596. The number of piperidine rings is 1. The van der Waals surface area contributed by atoms with Crippen LogP contribution in [0.2, 0.25) is 0 Å². The normalized spacial score (nSPS) is 38.0. The molecule has 6 atom stereocenters. The van der Waals surface area contributed by atoms with Crippen LogP contribution in [0.25, 0.3) is 0 Å². The van der Waals surface area contributed by atoms with Crippen molar-refractivity contribution in [1.29, 1.82) is 0 Å². The Hall–Kier alpha value is -2.12. The lowest BCUT2D eigenvalue weighted by Crippen LogP contribution is -2.75. The summed E-state index contributed by atoms with van der Waals surface area (Å²) >= 11 is 0. The van der Waals surface area contributed by atoms with E-state index < -0.39 is 22.7 Å². The predicted octanol–water partition coefficient (Wildman–Crippen LogP) is 3.40. The number of aromatic hydroxyl groups is 1. The van der Waals surface area contributed by atoms with Gasteiger partial charge in [0.1, 0.15) is 12.6 Å². The van der Waals surface area contributed by atoms with E-state index in [0.29, 0.717) is 29.8 Å². The van der Waals surface area contributed by atoms with Crippen molar-refractivity contribution in [2.24, 2.45) is 11.3 Å². The number of Topliss-reactive ketones (excluding diaryl/α,β-unsaturated/α-hetero) is 1. The SMILES string of the molecule is CC(OC(=O)C(C)(C)C)O[N+]1(C)CC[C@]23c4c5ccc(O)c4O[C@@]2(C)C(=O)CC[C@H]3C1C5. The highest BCUT2D eigenvalue weighted by Crippen LogP contribution is 2.67. The van der Waals surface area contributed by atoms with Crippen LogP contribution in [0.3, 0.4) is 0 Å². The van der Waals surface area contributed by atoms with E-state index in [1.54, 1.807) is 13.0 Å². The van der Waals surface area contributed by atoms with Crippen LogP contribution >= 0.6 is 0 Å². The predicted molar refractivity (Wildman–Crippen MR) is 116 cm³/mol. The number of ketones is 1. The average Bonchev–Trinajstić information content (AvgIpc) is 2.98. The maximum Gasteiger partial charge on any atom is 0.313 e. The summed E-state index contributed by atoms with van der Waals surface area (Å²) in [5, 5.41) is 10.6. The standard InChI is InChI=1S/C25H33NO6/c1-14(30-22(29)23(2,3)4)32-26(6)12-11-25-16-8-10-19(28)24(25,5)31-21-18(27)9-7-15(20(21)25)13-17(16)26/h7,9,14,16-17H,8,10-13H2,1-6H3/p+1/t14?,16-,17?,24-,25-,26?/m0/s1. The van der Waals surface area contributed by atoms with Crippen molar-refractivity contribution in [2.75, 3.05) is 13.6 Å². The second-order valence-corrected chi connectivity index (χ2v) is 11.4. The fraction of sp³-hybridized carbons (Fsp3) is 0.680. The second kappa shape index (κ2) is 6.48. The smallest absolute Gasteiger partial charge is 0.313 e. The minimum atomic E-state index is -0.972. The molecule has 7 heteroatoms. The van der Waals surface area contributed by atoms with Gasteiger partial charge in [-0.2, -0.15) is 9.48 Å². The van der Waals surface area contributed by atoms with Crippen LogP contribution in [-0.2, 0) is 31.0 Å². The molecule has 0 aromatic heterocycles. The lowest BCUT2D eigenvalue weighted by atomic mass is 9.47. The highest BCUT2D eigenvalue weighted by atomic mass is 16.8. The molecule has 1 spiro atoms. The molecule has 5 rings (SSSR count). The Labute approximate surface area is 189 Å². The van der Waals surface area contributed by atoms with E-state index in [0.717, 1.165) is 24.0 Å². The molecule has 4 aliphatic rings. The highest BCUT2D eigenvalue weighted by Gasteiger charge is 2.75. The first-order valence-corrected chi connectivity index (χ1v) is 11.7. The molecule has 1 aromatic rings. The number of benzene rings is 1. The Balaban J connectivity index is 1.54. The molecule has 0 radical (unpaired) electrons. The van der Waals surface area contributed by atoms with Gasteiger partial charge in [-0.05, 0) is 45.7 Å². The average molecular weight is 445 g/mol. The topological polar surface area (TPSA) is 82.1 Å². The van der Waals surface area contributed by atoms with Gasteiger partial charge in [0.2, 0.25) is 0 Å². The molecule has 3 unspecified atom stereocenters. The molecule has 174 valence electrons. The van der Waals surface area contributed by atoms with Gasteiger partial charge in [-0.3, -0.25) is 9.59 Å². The van der Waals surface area contributed by atoms with Gasteiger partial charge < -0.3 is 14.6 Å². The highest BCUT2D eigenvalue weighted by molar-refractivity contribution is 5.93. The Bertz CT molecular complexity index is 1010. The number of nitrogens with zero attached hydrogens (tertiary/aromatic N) is 1. The third-order valence-electron chi connectivity index (χ3n) is 8.49. The summed E-state index contributed by atoms with van der Waals surface area (Å²) in [6, 6.07) is 3.73. The van der Waals surface area contributed by atoms with E-state index in [1.165, 1.54) is 0 Å². The van der Waals surface area contributed by atoms with E-state index in [9.17, 15) is 14.7 Å². The van der Waals surface area contributed by atoms with Crippen LogP contribution < -0.4 is 4.74 Å². The first-order valence-electron chi connectivity index (χ1n) is 11.7. The number of esters is 1. The number of hydrogen-bond acceptors (Lipinski definition) is 6. The summed E-state index contributed by atoms with van der Waals surface area (Å²) in [6.45, 7) is 9.84. The third-order valence-corrected chi connectivity index (χ3v) is 8.49. The van der Waals surface area contributed by atoms with E-state index in [-0.39, 0.29) is 29.5 Å². The van der Waals surface area contributed by atoms with Crippen LogP contribution in [0.5, 0.6) is 11.5 Å². The molecule has 1 saturated carbocycles. The molecule has 2 bridgehead atoms. The molecule has 1 N–H and O–H groups in total. The Morgan fingerprint density at radius 1 is 1.34 bits per heavy atom. The van der Waals surface area contributed by atoms with E-state index >= 15 is 0 Å². The summed E-state index contributed by atoms with van der Waals surface area (Å²) in [7, 11) is 2.06. The van der Waals surface area contributed by atoms with Gasteiger partial charge in [0.05, 0.1) is 17.9 Å². The van der Waals surface area contributed by atoms with Crippen LogP contribution in [0.1, 0.15) is 65.0 Å². The number of hydrogen-bond donors (Lipinski definition) is 1. The maximum atomic E-state index is 13.2. The van der Waals surface area contributed by atoms with Gasteiger partial charge in [0, 0.05) is 37.7 Å². The molecular weight excluding hydrogens is 410 g/mol. The van der Waals surface area contributed by atoms with Crippen molar-refractivity contribution < 1.29 is 33.7 Å². The van der Waals surface area contributed by atoms with Gasteiger partial charge in [-0.25, -0.2) is 0 Å². The van der Waals surface area contributed by atoms with Crippen LogP contribution in [0.15, 0.2) is 12.1 Å². The van der Waals surface area contributed by atoms with Crippen LogP contribution in [-0.4, -0.2) is 53.0 Å². The molecule has 1 aromatic carbocycles. The molecular formula is C25H34NO6+. The number of phenolic OH excluding ortho intramolecular Hbond substituents is 1. The van der Waals surface area contributed by atoms with Crippen molar-refractivity contribution in [1.82, 2.24) is 0 Å².